The molecule has 70 valence electrons. The van der Waals surface area contributed by atoms with Crippen LogP contribution in [0, 0.1) is 0 Å². The van der Waals surface area contributed by atoms with Crippen molar-refractivity contribution >= 4 is 29.9 Å². The molecule has 0 bridgehead atoms. The highest BCUT2D eigenvalue weighted by molar-refractivity contribution is 14.0. The lowest BCUT2D eigenvalue weighted by Gasteiger charge is -2.09. The quantitative estimate of drug-likeness (QED) is 0.765. The van der Waals surface area contributed by atoms with Crippen molar-refractivity contribution in [2.45, 2.75) is 6.04 Å². The highest BCUT2D eigenvalue weighted by Gasteiger charge is 2.15. The van der Waals surface area contributed by atoms with Crippen molar-refractivity contribution < 1.29 is 0 Å². The molecule has 1 aromatic rings. The third-order valence-electron chi connectivity index (χ3n) is 1.97. The van der Waals surface area contributed by atoms with Crippen LogP contribution >= 0.6 is 24.0 Å². The second kappa shape index (κ2) is 4.45. The van der Waals surface area contributed by atoms with Gasteiger partial charge < -0.3 is 11.1 Å². The van der Waals surface area contributed by atoms with E-state index in [-0.39, 0.29) is 30.0 Å². The summed E-state index contributed by atoms with van der Waals surface area (Å²) in [5, 5.41) is 3.10. The summed E-state index contributed by atoms with van der Waals surface area (Å²) in [6, 6.07) is 10.5. The Balaban J connectivity index is 0.000000845. The average molecular weight is 289 g/mol. The molecule has 0 saturated heterocycles. The molecule has 1 aliphatic rings. The number of nitrogens with one attached hydrogen (secondary N) is 1. The Morgan fingerprint density at radius 1 is 1.31 bits per heavy atom. The standard InChI is InChI=1S/C9H11N3.HI/c10-9-11-6-8(12-9)7-4-2-1-3-5-7;/h1-5,8H,6H2,(H3,10,11,12);1H. The van der Waals surface area contributed by atoms with Gasteiger partial charge in [-0.2, -0.15) is 0 Å². The van der Waals surface area contributed by atoms with Crippen LogP contribution in [0.5, 0.6) is 0 Å². The van der Waals surface area contributed by atoms with E-state index in [4.69, 9.17) is 5.73 Å². The van der Waals surface area contributed by atoms with Crippen LogP contribution in [0.3, 0.4) is 0 Å². The largest absolute Gasteiger partial charge is 0.370 e. The van der Waals surface area contributed by atoms with E-state index < -0.39 is 0 Å². The fraction of sp³-hybridized carbons (Fsp3) is 0.222. The Labute approximate surface area is 94.4 Å². The summed E-state index contributed by atoms with van der Waals surface area (Å²) in [6.07, 6.45) is 0. The SMILES string of the molecule is I.NC1=NCC(c2ccccc2)N1. The summed E-state index contributed by atoms with van der Waals surface area (Å²) in [4.78, 5) is 4.08. The van der Waals surface area contributed by atoms with Gasteiger partial charge in [-0.3, -0.25) is 4.99 Å². The predicted molar refractivity (Wildman–Crippen MR) is 64.2 cm³/mol. The Morgan fingerprint density at radius 2 is 2.00 bits per heavy atom. The topological polar surface area (TPSA) is 50.4 Å². The van der Waals surface area contributed by atoms with Crippen LogP contribution in [0.2, 0.25) is 0 Å². The Kier molecular flexibility index (Phi) is 3.53. The summed E-state index contributed by atoms with van der Waals surface area (Å²) in [5.41, 5.74) is 6.74. The molecule has 0 saturated carbocycles. The van der Waals surface area contributed by atoms with Crippen LogP contribution in [0.4, 0.5) is 0 Å². The van der Waals surface area contributed by atoms with Gasteiger partial charge in [0.25, 0.3) is 0 Å². The lowest BCUT2D eigenvalue weighted by molar-refractivity contribution is 0.708. The lowest BCUT2D eigenvalue weighted by atomic mass is 10.1. The van der Waals surface area contributed by atoms with Crippen molar-refractivity contribution in [3.05, 3.63) is 35.9 Å². The van der Waals surface area contributed by atoms with Crippen LogP contribution in [0.15, 0.2) is 35.3 Å². The van der Waals surface area contributed by atoms with E-state index in [0.29, 0.717) is 5.96 Å². The molecule has 3 N–H and O–H groups in total. The number of guanidine groups is 1. The van der Waals surface area contributed by atoms with E-state index in [1.165, 1.54) is 5.56 Å². The second-order valence-corrected chi connectivity index (χ2v) is 2.83. The molecule has 0 aliphatic carbocycles. The van der Waals surface area contributed by atoms with Gasteiger partial charge in [-0.05, 0) is 5.56 Å². The van der Waals surface area contributed by atoms with Gasteiger partial charge in [0.2, 0.25) is 0 Å². The van der Waals surface area contributed by atoms with Crippen LogP contribution < -0.4 is 11.1 Å². The van der Waals surface area contributed by atoms with E-state index in [1.807, 2.05) is 18.2 Å². The molecule has 3 nitrogen and oxygen atoms in total. The molecule has 1 heterocycles. The zero-order valence-electron chi connectivity index (χ0n) is 7.10. The van der Waals surface area contributed by atoms with Crippen molar-refractivity contribution in [2.75, 3.05) is 6.54 Å². The van der Waals surface area contributed by atoms with Crippen LogP contribution in [0.1, 0.15) is 11.6 Å². The minimum absolute atomic E-state index is 0. The number of benzene rings is 1. The second-order valence-electron chi connectivity index (χ2n) is 2.83. The molecule has 2 rings (SSSR count). The minimum Gasteiger partial charge on any atom is -0.370 e. The van der Waals surface area contributed by atoms with Crippen molar-refractivity contribution in [2.24, 2.45) is 10.7 Å². The first-order valence-electron chi connectivity index (χ1n) is 3.97. The number of nitrogens with zero attached hydrogens (tertiary/aromatic N) is 1. The van der Waals surface area contributed by atoms with Crippen LogP contribution in [-0.4, -0.2) is 12.5 Å². The van der Waals surface area contributed by atoms with Crippen LogP contribution in [-0.2, 0) is 0 Å². The number of halogens is 1. The molecule has 0 fully saturated rings. The monoisotopic (exact) mass is 289 g/mol. The molecular formula is C9H12IN3. The summed E-state index contributed by atoms with van der Waals surface area (Å²) in [5.74, 6) is 0.545. The predicted octanol–water partition coefficient (Wildman–Crippen LogP) is 1.26. The fourth-order valence-electron chi connectivity index (χ4n) is 1.33. The maximum Gasteiger partial charge on any atom is 0.189 e. The van der Waals surface area contributed by atoms with Gasteiger partial charge in [0.05, 0.1) is 12.6 Å². The van der Waals surface area contributed by atoms with E-state index in [2.05, 4.69) is 22.4 Å². The van der Waals surface area contributed by atoms with Gasteiger partial charge >= 0.3 is 0 Å². The maximum absolute atomic E-state index is 5.50. The van der Waals surface area contributed by atoms with Gasteiger partial charge in [0, 0.05) is 0 Å². The van der Waals surface area contributed by atoms with Crippen molar-refractivity contribution in [3.63, 3.8) is 0 Å². The van der Waals surface area contributed by atoms with E-state index in [1.54, 1.807) is 0 Å². The summed E-state index contributed by atoms with van der Waals surface area (Å²) < 4.78 is 0. The smallest absolute Gasteiger partial charge is 0.189 e. The molecule has 1 unspecified atom stereocenters. The highest BCUT2D eigenvalue weighted by atomic mass is 127. The molecule has 13 heavy (non-hydrogen) atoms. The minimum atomic E-state index is 0. The van der Waals surface area contributed by atoms with Gasteiger partial charge in [-0.25, -0.2) is 0 Å². The van der Waals surface area contributed by atoms with Gasteiger partial charge in [-0.1, -0.05) is 30.3 Å². The third-order valence-corrected chi connectivity index (χ3v) is 1.97. The molecule has 0 radical (unpaired) electrons. The summed E-state index contributed by atoms with van der Waals surface area (Å²) in [7, 11) is 0. The summed E-state index contributed by atoms with van der Waals surface area (Å²) >= 11 is 0. The molecule has 1 atom stereocenters. The Morgan fingerprint density at radius 3 is 2.54 bits per heavy atom. The molecule has 0 spiro atoms. The fourth-order valence-corrected chi connectivity index (χ4v) is 1.33. The van der Waals surface area contributed by atoms with Gasteiger partial charge in [-0.15, -0.1) is 24.0 Å². The summed E-state index contributed by atoms with van der Waals surface area (Å²) in [6.45, 7) is 0.746. The molecule has 1 aliphatic heterocycles. The molecule has 0 amide bonds. The number of nitrogens with two attached hydrogens (primary N) is 1. The van der Waals surface area contributed by atoms with Crippen molar-refractivity contribution in [1.82, 2.24) is 5.32 Å². The molecule has 4 heteroatoms. The van der Waals surface area contributed by atoms with E-state index >= 15 is 0 Å². The number of hydrogen-bond acceptors (Lipinski definition) is 3. The molecular weight excluding hydrogens is 277 g/mol. The maximum atomic E-state index is 5.50. The van der Waals surface area contributed by atoms with E-state index in [9.17, 15) is 0 Å². The normalized spacial score (nSPS) is 20.0. The number of aliphatic imine (C=N–C) groups is 1. The van der Waals surface area contributed by atoms with Crippen LogP contribution in [0.25, 0.3) is 0 Å². The first-order valence-corrected chi connectivity index (χ1v) is 3.97. The zero-order chi connectivity index (χ0) is 8.39. The number of hydrogen-bond donors (Lipinski definition) is 2. The molecule has 1 aromatic carbocycles. The van der Waals surface area contributed by atoms with E-state index in [0.717, 1.165) is 6.54 Å². The first-order chi connectivity index (χ1) is 5.86. The zero-order valence-corrected chi connectivity index (χ0v) is 9.43. The molecule has 0 aromatic heterocycles. The first kappa shape index (κ1) is 10.3. The third kappa shape index (κ3) is 2.33. The lowest BCUT2D eigenvalue weighted by Crippen LogP contribution is -2.29. The Hall–Kier alpha value is -0.780. The number of rotatable bonds is 1. The van der Waals surface area contributed by atoms with Crippen molar-refractivity contribution in [1.29, 1.82) is 0 Å². The average Bonchev–Trinajstić information content (AvgIpc) is 2.54. The highest BCUT2D eigenvalue weighted by Crippen LogP contribution is 2.15. The van der Waals surface area contributed by atoms with Crippen molar-refractivity contribution in [3.8, 4) is 0 Å². The van der Waals surface area contributed by atoms with Gasteiger partial charge in [0.1, 0.15) is 0 Å². The van der Waals surface area contributed by atoms with Gasteiger partial charge in [0.15, 0.2) is 5.96 Å². The Bertz CT molecular complexity index is 297.